The molecule has 0 radical (unpaired) electrons. The van der Waals surface area contributed by atoms with E-state index in [-0.39, 0.29) is 5.92 Å². The van der Waals surface area contributed by atoms with Crippen LogP contribution in [0.3, 0.4) is 0 Å². The van der Waals surface area contributed by atoms with Gasteiger partial charge in [0.2, 0.25) is 0 Å². The lowest BCUT2D eigenvalue weighted by Crippen LogP contribution is -1.93. The first-order valence-corrected chi connectivity index (χ1v) is 3.67. The predicted molar refractivity (Wildman–Crippen MR) is 42.3 cm³/mol. The molecule has 1 N–H and O–H groups in total. The van der Waals surface area contributed by atoms with E-state index >= 15 is 0 Å². The van der Waals surface area contributed by atoms with Crippen LogP contribution in [0.1, 0.15) is 25.0 Å². The van der Waals surface area contributed by atoms with Crippen molar-refractivity contribution < 1.29 is 0 Å². The third-order valence-electron chi connectivity index (χ3n) is 1.42. The summed E-state index contributed by atoms with van der Waals surface area (Å²) in [6.45, 7) is 1.92. The molecule has 4 nitrogen and oxygen atoms in total. The Kier molecular flexibility index (Phi) is 2.49. The van der Waals surface area contributed by atoms with E-state index in [1.165, 1.54) is 0 Å². The number of hydrogen-bond acceptors (Lipinski definition) is 4. The third kappa shape index (κ3) is 1.71. The maximum absolute atomic E-state index is 8.39. The average Bonchev–Trinajstić information content (AvgIpc) is 2.36. The number of hydrogen-bond donors (Lipinski definition) is 2. The smallest absolute Gasteiger partial charge is 0.112 e. The molecule has 58 valence electrons. The van der Waals surface area contributed by atoms with Gasteiger partial charge in [0.05, 0.1) is 11.8 Å². The van der Waals surface area contributed by atoms with Crippen molar-refractivity contribution >= 4 is 12.6 Å². The molecule has 0 aliphatic heterocycles. The molecule has 1 rings (SSSR count). The molecule has 1 heterocycles. The maximum atomic E-state index is 8.39. The standard InChI is InChI=1S/C6H8N4S/c1-4(2-3-7)5-6(11)9-10-8-5/h4H,2H2,1H3,(H2,8,9,10,11)/t4-/m0/s1. The van der Waals surface area contributed by atoms with Crippen molar-refractivity contribution in [3.8, 4) is 6.07 Å². The fourth-order valence-corrected chi connectivity index (χ4v) is 1.11. The number of nitrogens with zero attached hydrogens (tertiary/aromatic N) is 3. The number of nitriles is 1. The monoisotopic (exact) mass is 168 g/mol. The summed E-state index contributed by atoms with van der Waals surface area (Å²) in [6.07, 6.45) is 0.445. The Bertz CT molecular complexity index is 274. The van der Waals surface area contributed by atoms with Gasteiger partial charge < -0.3 is 0 Å². The quantitative estimate of drug-likeness (QED) is 0.650. The molecule has 0 aromatic carbocycles. The van der Waals surface area contributed by atoms with Crippen molar-refractivity contribution in [1.29, 1.82) is 5.26 Å². The zero-order chi connectivity index (χ0) is 8.27. The van der Waals surface area contributed by atoms with E-state index in [0.717, 1.165) is 5.69 Å². The number of rotatable bonds is 2. The van der Waals surface area contributed by atoms with Gasteiger partial charge in [-0.05, 0) is 0 Å². The Morgan fingerprint density at radius 3 is 3.00 bits per heavy atom. The molecule has 0 amide bonds. The van der Waals surface area contributed by atoms with Crippen molar-refractivity contribution in [3.05, 3.63) is 5.69 Å². The van der Waals surface area contributed by atoms with Gasteiger partial charge in [-0.3, -0.25) is 5.10 Å². The molecule has 1 aromatic heterocycles. The van der Waals surface area contributed by atoms with E-state index in [4.69, 9.17) is 5.26 Å². The van der Waals surface area contributed by atoms with Crippen LogP contribution in [0.15, 0.2) is 5.03 Å². The second-order valence-electron chi connectivity index (χ2n) is 2.31. The molecule has 0 aliphatic carbocycles. The molecule has 0 saturated heterocycles. The Morgan fingerprint density at radius 2 is 2.55 bits per heavy atom. The van der Waals surface area contributed by atoms with E-state index in [1.807, 2.05) is 6.92 Å². The van der Waals surface area contributed by atoms with Crippen LogP contribution in [-0.2, 0) is 0 Å². The Labute approximate surface area is 70.0 Å². The lowest BCUT2D eigenvalue weighted by atomic mass is 10.1. The van der Waals surface area contributed by atoms with Crippen molar-refractivity contribution in [2.45, 2.75) is 24.3 Å². The topological polar surface area (TPSA) is 65.4 Å². The summed E-state index contributed by atoms with van der Waals surface area (Å²) in [5.74, 6) is 0.103. The summed E-state index contributed by atoms with van der Waals surface area (Å²) in [5, 5.41) is 19.0. The highest BCUT2D eigenvalue weighted by atomic mass is 32.1. The molecule has 11 heavy (non-hydrogen) atoms. The van der Waals surface area contributed by atoms with Gasteiger partial charge in [-0.25, -0.2) is 0 Å². The fraction of sp³-hybridized carbons (Fsp3) is 0.500. The zero-order valence-corrected chi connectivity index (χ0v) is 6.97. The summed E-state index contributed by atoms with van der Waals surface area (Å²) >= 11 is 4.09. The average molecular weight is 168 g/mol. The van der Waals surface area contributed by atoms with Gasteiger partial charge in [0.1, 0.15) is 5.03 Å². The molecule has 0 unspecified atom stereocenters. The highest BCUT2D eigenvalue weighted by Gasteiger charge is 2.11. The van der Waals surface area contributed by atoms with E-state index in [0.29, 0.717) is 11.4 Å². The Balaban J connectivity index is 2.77. The predicted octanol–water partition coefficient (Wildman–Crippen LogP) is 1.11. The van der Waals surface area contributed by atoms with Crippen LogP contribution in [0, 0.1) is 11.3 Å². The zero-order valence-electron chi connectivity index (χ0n) is 6.07. The van der Waals surface area contributed by atoms with E-state index in [2.05, 4.69) is 34.1 Å². The van der Waals surface area contributed by atoms with E-state index < -0.39 is 0 Å². The van der Waals surface area contributed by atoms with Crippen molar-refractivity contribution in [2.75, 3.05) is 0 Å². The molecular formula is C6H8N4S. The molecule has 1 aromatic rings. The molecule has 0 aliphatic rings. The summed E-state index contributed by atoms with van der Waals surface area (Å²) in [4.78, 5) is 0. The molecule has 0 saturated carbocycles. The largest absolute Gasteiger partial charge is 0.252 e. The van der Waals surface area contributed by atoms with Gasteiger partial charge in [-0.2, -0.15) is 5.26 Å². The molecular weight excluding hydrogens is 160 g/mol. The van der Waals surface area contributed by atoms with Crippen LogP contribution in [0.2, 0.25) is 0 Å². The fourth-order valence-electron chi connectivity index (χ4n) is 0.796. The molecule has 0 bridgehead atoms. The molecule has 0 fully saturated rings. The lowest BCUT2D eigenvalue weighted by molar-refractivity contribution is 0.736. The lowest BCUT2D eigenvalue weighted by Gasteiger charge is -2.00. The van der Waals surface area contributed by atoms with Gasteiger partial charge in [-0.1, -0.05) is 12.1 Å². The van der Waals surface area contributed by atoms with Crippen molar-refractivity contribution in [1.82, 2.24) is 15.4 Å². The molecule has 5 heteroatoms. The number of thiol groups is 1. The summed E-state index contributed by atoms with van der Waals surface area (Å²) in [6, 6.07) is 2.07. The van der Waals surface area contributed by atoms with Crippen LogP contribution >= 0.6 is 12.6 Å². The van der Waals surface area contributed by atoms with Crippen LogP contribution in [0.5, 0.6) is 0 Å². The third-order valence-corrected chi connectivity index (χ3v) is 1.75. The first-order valence-electron chi connectivity index (χ1n) is 3.22. The highest BCUT2D eigenvalue weighted by Crippen LogP contribution is 2.20. The summed E-state index contributed by atoms with van der Waals surface area (Å²) in [7, 11) is 0. The number of H-pyrrole nitrogens is 1. The first kappa shape index (κ1) is 8.08. The van der Waals surface area contributed by atoms with Gasteiger partial charge in [0, 0.05) is 12.3 Å². The van der Waals surface area contributed by atoms with Crippen LogP contribution < -0.4 is 0 Å². The van der Waals surface area contributed by atoms with Crippen molar-refractivity contribution in [3.63, 3.8) is 0 Å². The van der Waals surface area contributed by atoms with Gasteiger partial charge in [0.15, 0.2) is 0 Å². The van der Waals surface area contributed by atoms with Crippen LogP contribution in [-0.4, -0.2) is 15.4 Å². The second-order valence-corrected chi connectivity index (χ2v) is 2.76. The van der Waals surface area contributed by atoms with Gasteiger partial charge in [0.25, 0.3) is 0 Å². The minimum absolute atomic E-state index is 0.103. The van der Waals surface area contributed by atoms with E-state index in [9.17, 15) is 0 Å². The van der Waals surface area contributed by atoms with Crippen LogP contribution in [0.4, 0.5) is 0 Å². The van der Waals surface area contributed by atoms with Gasteiger partial charge >= 0.3 is 0 Å². The summed E-state index contributed by atoms with van der Waals surface area (Å²) in [5.41, 5.74) is 0.759. The number of aromatic nitrogens is 3. The number of nitrogens with one attached hydrogen (secondary N) is 1. The normalized spacial score (nSPS) is 12.5. The van der Waals surface area contributed by atoms with Gasteiger partial charge in [-0.15, -0.1) is 17.7 Å². The maximum Gasteiger partial charge on any atom is 0.112 e. The second kappa shape index (κ2) is 3.39. The minimum Gasteiger partial charge on any atom is -0.252 e. The molecule has 1 atom stereocenters. The van der Waals surface area contributed by atoms with Crippen LogP contribution in [0.25, 0.3) is 0 Å². The minimum atomic E-state index is 0.103. The van der Waals surface area contributed by atoms with Crippen molar-refractivity contribution in [2.24, 2.45) is 0 Å². The van der Waals surface area contributed by atoms with E-state index in [1.54, 1.807) is 0 Å². The molecule has 0 spiro atoms. The highest BCUT2D eigenvalue weighted by molar-refractivity contribution is 7.80. The number of aromatic amines is 1. The first-order chi connectivity index (χ1) is 5.25. The SMILES string of the molecule is C[C@@H](CC#N)c1nn[nH]c1S. The summed E-state index contributed by atoms with van der Waals surface area (Å²) < 4.78 is 0. The Hall–Kier alpha value is -1.02. The Morgan fingerprint density at radius 1 is 1.82 bits per heavy atom.